The predicted molar refractivity (Wildman–Crippen MR) is 98.7 cm³/mol. The summed E-state index contributed by atoms with van der Waals surface area (Å²) in [5.74, 6) is -2.12. The molecule has 1 heterocycles. The van der Waals surface area contributed by atoms with E-state index in [-0.39, 0.29) is 6.54 Å². The first kappa shape index (κ1) is 20.6. The van der Waals surface area contributed by atoms with Crippen LogP contribution in [-0.4, -0.2) is 17.4 Å². The predicted octanol–water partition coefficient (Wildman–Crippen LogP) is 5.21. The zero-order chi connectivity index (χ0) is 21.2. The summed E-state index contributed by atoms with van der Waals surface area (Å²) < 4.78 is 58.2. The first-order chi connectivity index (χ1) is 13.6. The second-order valence-corrected chi connectivity index (χ2v) is 7.14. The summed E-state index contributed by atoms with van der Waals surface area (Å²) in [5, 5.41) is 2.48. The Morgan fingerprint density at radius 3 is 2.41 bits per heavy atom. The molecular weight excluding hydrogens is 388 g/mol. The van der Waals surface area contributed by atoms with Crippen LogP contribution in [0.4, 0.5) is 17.6 Å². The highest BCUT2D eigenvalue weighted by atomic mass is 19.4. The number of carbonyl (C=O) groups is 1. The molecule has 0 unspecified atom stereocenters. The lowest BCUT2D eigenvalue weighted by molar-refractivity contribution is -0.140. The molecule has 0 saturated carbocycles. The van der Waals surface area contributed by atoms with Gasteiger partial charge in [-0.25, -0.2) is 9.37 Å². The summed E-state index contributed by atoms with van der Waals surface area (Å²) >= 11 is 0. The summed E-state index contributed by atoms with van der Waals surface area (Å²) in [4.78, 5) is 16.7. The Bertz CT molecular complexity index is 1010. The van der Waals surface area contributed by atoms with Crippen LogP contribution >= 0.6 is 0 Å². The minimum absolute atomic E-state index is 0.0162. The van der Waals surface area contributed by atoms with Crippen LogP contribution in [0, 0.1) is 5.82 Å². The Morgan fingerprint density at radius 1 is 1.07 bits per heavy atom. The lowest BCUT2D eigenvalue weighted by atomic mass is 9.90. The van der Waals surface area contributed by atoms with Gasteiger partial charge in [0.25, 0.3) is 5.91 Å². The van der Waals surface area contributed by atoms with Crippen LogP contribution in [0.15, 0.2) is 59.2 Å². The van der Waals surface area contributed by atoms with Gasteiger partial charge in [-0.2, -0.15) is 13.2 Å². The maximum Gasteiger partial charge on any atom is 0.419 e. The number of rotatable bonds is 5. The largest absolute Gasteiger partial charge is 0.444 e. The molecule has 4 nitrogen and oxygen atoms in total. The van der Waals surface area contributed by atoms with Crippen molar-refractivity contribution in [3.63, 3.8) is 0 Å². The molecule has 1 aromatic heterocycles. The number of amides is 1. The maximum absolute atomic E-state index is 14.1. The zero-order valence-electron chi connectivity index (χ0n) is 15.7. The summed E-state index contributed by atoms with van der Waals surface area (Å²) in [6, 6.07) is 11.8. The number of nitrogens with zero attached hydrogens (tertiary/aromatic N) is 1. The van der Waals surface area contributed by atoms with Crippen molar-refractivity contribution in [2.24, 2.45) is 0 Å². The molecule has 1 N–H and O–H groups in total. The van der Waals surface area contributed by atoms with E-state index in [0.29, 0.717) is 17.7 Å². The molecule has 0 atom stereocenters. The molecule has 8 heteroatoms. The number of aromatic nitrogens is 1. The van der Waals surface area contributed by atoms with Gasteiger partial charge in [0.2, 0.25) is 5.89 Å². The van der Waals surface area contributed by atoms with Gasteiger partial charge in [0.05, 0.1) is 16.8 Å². The number of hydrogen-bond donors (Lipinski definition) is 1. The number of alkyl halides is 3. The van der Waals surface area contributed by atoms with Crippen LogP contribution in [0.5, 0.6) is 0 Å². The topological polar surface area (TPSA) is 55.1 Å². The van der Waals surface area contributed by atoms with Crippen LogP contribution in [0.25, 0.3) is 11.5 Å². The molecule has 0 aliphatic carbocycles. The van der Waals surface area contributed by atoms with Crippen LogP contribution in [-0.2, 0) is 11.6 Å². The minimum atomic E-state index is -4.88. The summed E-state index contributed by atoms with van der Waals surface area (Å²) in [6.07, 6.45) is -3.42. The Kier molecular flexibility index (Phi) is 5.46. The molecule has 3 aromatic rings. The van der Waals surface area contributed by atoms with E-state index in [0.717, 1.165) is 17.7 Å². The van der Waals surface area contributed by atoms with E-state index >= 15 is 0 Å². The fourth-order valence-corrected chi connectivity index (χ4v) is 2.71. The van der Waals surface area contributed by atoms with Crippen molar-refractivity contribution in [2.75, 3.05) is 6.54 Å². The van der Waals surface area contributed by atoms with Crippen LogP contribution in [0.1, 0.15) is 35.5 Å². The van der Waals surface area contributed by atoms with E-state index < -0.39 is 34.4 Å². The monoisotopic (exact) mass is 406 g/mol. The zero-order valence-corrected chi connectivity index (χ0v) is 15.7. The second-order valence-electron chi connectivity index (χ2n) is 7.14. The maximum atomic E-state index is 14.1. The highest BCUT2D eigenvalue weighted by Gasteiger charge is 2.36. The Morgan fingerprint density at radius 2 is 1.76 bits per heavy atom. The smallest absolute Gasteiger partial charge is 0.419 e. The number of halogens is 4. The number of nitrogens with one attached hydrogen (secondary N) is 1. The fraction of sp³-hybridized carbons (Fsp3) is 0.238. The van der Waals surface area contributed by atoms with E-state index in [2.05, 4.69) is 10.3 Å². The van der Waals surface area contributed by atoms with Crippen LogP contribution in [0.2, 0.25) is 0 Å². The molecule has 3 rings (SSSR count). The van der Waals surface area contributed by atoms with Gasteiger partial charge < -0.3 is 9.73 Å². The van der Waals surface area contributed by atoms with Gasteiger partial charge in [0.1, 0.15) is 12.1 Å². The molecule has 29 heavy (non-hydrogen) atoms. The van der Waals surface area contributed by atoms with Gasteiger partial charge in [-0.3, -0.25) is 4.79 Å². The van der Waals surface area contributed by atoms with Crippen molar-refractivity contribution < 1.29 is 26.8 Å². The molecular formula is C21H18F4N2O2. The van der Waals surface area contributed by atoms with Crippen molar-refractivity contribution in [1.82, 2.24) is 10.3 Å². The third-order valence-corrected chi connectivity index (χ3v) is 4.46. The fourth-order valence-electron chi connectivity index (χ4n) is 2.71. The van der Waals surface area contributed by atoms with Gasteiger partial charge in [0, 0.05) is 17.5 Å². The highest BCUT2D eigenvalue weighted by molar-refractivity contribution is 5.94. The molecule has 0 aliphatic rings. The van der Waals surface area contributed by atoms with E-state index in [1.807, 2.05) is 30.3 Å². The Hall–Kier alpha value is -3.16. The molecule has 1 amide bonds. The third-order valence-electron chi connectivity index (χ3n) is 4.46. The summed E-state index contributed by atoms with van der Waals surface area (Å²) in [7, 11) is 0. The SMILES string of the molecule is CC(C)(CNC(=O)c1cccc(C(F)(F)F)c1F)c1coc(-c2ccccc2)n1. The average Bonchev–Trinajstić information content (AvgIpc) is 3.17. The van der Waals surface area contributed by atoms with Gasteiger partial charge in [-0.15, -0.1) is 0 Å². The van der Waals surface area contributed by atoms with Crippen molar-refractivity contribution >= 4 is 5.91 Å². The lowest BCUT2D eigenvalue weighted by Gasteiger charge is -2.22. The number of hydrogen-bond acceptors (Lipinski definition) is 3. The summed E-state index contributed by atoms with van der Waals surface area (Å²) in [6.45, 7) is 3.58. The number of carbonyl (C=O) groups excluding carboxylic acids is 1. The first-order valence-corrected chi connectivity index (χ1v) is 8.75. The highest BCUT2D eigenvalue weighted by Crippen LogP contribution is 2.32. The molecule has 152 valence electrons. The lowest BCUT2D eigenvalue weighted by Crippen LogP contribution is -2.37. The molecule has 0 aliphatic heterocycles. The minimum Gasteiger partial charge on any atom is -0.444 e. The number of oxazole rings is 1. The molecule has 0 fully saturated rings. The van der Waals surface area contributed by atoms with Gasteiger partial charge in [-0.1, -0.05) is 38.1 Å². The van der Waals surface area contributed by atoms with E-state index in [1.54, 1.807) is 13.8 Å². The van der Waals surface area contributed by atoms with Crippen molar-refractivity contribution in [1.29, 1.82) is 0 Å². The van der Waals surface area contributed by atoms with E-state index in [4.69, 9.17) is 4.42 Å². The van der Waals surface area contributed by atoms with Crippen molar-refractivity contribution in [3.05, 3.63) is 77.4 Å². The molecule has 0 saturated heterocycles. The molecule has 0 bridgehead atoms. The molecule has 0 radical (unpaired) electrons. The van der Waals surface area contributed by atoms with Gasteiger partial charge in [-0.05, 0) is 24.3 Å². The molecule has 2 aromatic carbocycles. The Labute approximate surface area is 164 Å². The van der Waals surface area contributed by atoms with Crippen LogP contribution < -0.4 is 5.32 Å². The number of benzene rings is 2. The van der Waals surface area contributed by atoms with Crippen LogP contribution in [0.3, 0.4) is 0 Å². The normalized spacial score (nSPS) is 12.1. The standard InChI is InChI=1S/C21H18F4N2O2/c1-20(2,16-11-29-19(27-16)13-7-4-3-5-8-13)12-26-18(28)14-9-6-10-15(17(14)22)21(23,24)25/h3-11H,12H2,1-2H3,(H,26,28). The molecule has 0 spiro atoms. The third kappa shape index (κ3) is 4.47. The van der Waals surface area contributed by atoms with E-state index in [9.17, 15) is 22.4 Å². The second kappa shape index (κ2) is 7.69. The van der Waals surface area contributed by atoms with Crippen molar-refractivity contribution in [2.45, 2.75) is 25.4 Å². The van der Waals surface area contributed by atoms with Gasteiger partial charge >= 0.3 is 6.18 Å². The first-order valence-electron chi connectivity index (χ1n) is 8.75. The van der Waals surface area contributed by atoms with E-state index in [1.165, 1.54) is 6.26 Å². The average molecular weight is 406 g/mol. The quantitative estimate of drug-likeness (QED) is 0.592. The summed E-state index contributed by atoms with van der Waals surface area (Å²) in [5.41, 5.74) is -1.52. The van der Waals surface area contributed by atoms with Crippen molar-refractivity contribution in [3.8, 4) is 11.5 Å². The Balaban J connectivity index is 1.74. The van der Waals surface area contributed by atoms with Gasteiger partial charge in [0.15, 0.2) is 0 Å².